The minimum atomic E-state index is -0.709. The van der Waals surface area contributed by atoms with Crippen LogP contribution in [0.4, 0.5) is 17.1 Å². The molecule has 4 aliphatic rings. The Hall–Kier alpha value is -4.95. The predicted octanol–water partition coefficient (Wildman–Crippen LogP) is 6.43. The number of benzene rings is 3. The quantitative estimate of drug-likeness (QED) is 0.192. The van der Waals surface area contributed by atoms with Gasteiger partial charge in [0.2, 0.25) is 11.8 Å². The van der Waals surface area contributed by atoms with Crippen molar-refractivity contribution in [3.8, 4) is 11.5 Å². The number of rotatable bonds is 5. The molecule has 0 radical (unpaired) electrons. The average Bonchev–Trinajstić information content (AvgIpc) is 3.30. The standard InChI is InChI=1S/C36H29ClN2O6/c1-18-14-28(40)32-26(33(18)41)17-25-23(30(32)19-15-27(37)34(42)29(16-19)45-2)12-13-24-31(25)36(44)39(35(24)43)22-10-8-21(9-11-22)38-20-6-4-3-5-7-20/h3-12,14-16,24-25,30-31,38,42H,13,17H2,1-2H3. The molecule has 3 aromatic rings. The van der Waals surface area contributed by atoms with Crippen LogP contribution < -0.4 is 15.0 Å². The number of para-hydroxylation sites is 1. The Morgan fingerprint density at radius 2 is 1.64 bits per heavy atom. The highest BCUT2D eigenvalue weighted by atomic mass is 35.5. The normalized spacial score (nSPS) is 24.1. The number of methoxy groups -OCH3 is 1. The van der Waals surface area contributed by atoms with Gasteiger partial charge in [0.15, 0.2) is 23.1 Å². The highest BCUT2D eigenvalue weighted by molar-refractivity contribution is 6.32. The fraction of sp³-hybridized carbons (Fsp3) is 0.222. The van der Waals surface area contributed by atoms with Crippen molar-refractivity contribution in [2.24, 2.45) is 17.8 Å². The summed E-state index contributed by atoms with van der Waals surface area (Å²) in [5.41, 5.74) is 4.57. The van der Waals surface area contributed by atoms with E-state index < -0.39 is 23.7 Å². The van der Waals surface area contributed by atoms with Crippen LogP contribution in [-0.2, 0) is 19.2 Å². The van der Waals surface area contributed by atoms with Gasteiger partial charge in [0, 0.05) is 34.0 Å². The van der Waals surface area contributed by atoms with E-state index in [1.807, 2.05) is 48.5 Å². The summed E-state index contributed by atoms with van der Waals surface area (Å²) in [5, 5.41) is 13.8. The highest BCUT2D eigenvalue weighted by Crippen LogP contribution is 2.56. The summed E-state index contributed by atoms with van der Waals surface area (Å²) in [6.07, 6.45) is 3.77. The number of amides is 2. The molecule has 0 aromatic heterocycles. The molecule has 3 aromatic carbocycles. The van der Waals surface area contributed by atoms with Crippen molar-refractivity contribution in [1.29, 1.82) is 0 Å². The van der Waals surface area contributed by atoms with E-state index in [1.165, 1.54) is 18.1 Å². The van der Waals surface area contributed by atoms with Crippen LogP contribution in [0.3, 0.4) is 0 Å². The smallest absolute Gasteiger partial charge is 0.238 e. The van der Waals surface area contributed by atoms with Gasteiger partial charge in [-0.15, -0.1) is 0 Å². The number of hydrogen-bond acceptors (Lipinski definition) is 7. The summed E-state index contributed by atoms with van der Waals surface area (Å²) in [7, 11) is 1.40. The SMILES string of the molecule is COc1cc(C2C3=CCC4C(=O)N(c5ccc(Nc6ccccc6)cc5)C(=O)C4C3CC3=C2C(=O)C=C(C)C3=O)cc(Cl)c1O. The Balaban J connectivity index is 1.27. The summed E-state index contributed by atoms with van der Waals surface area (Å²) in [6.45, 7) is 1.61. The summed E-state index contributed by atoms with van der Waals surface area (Å²) >= 11 is 6.39. The van der Waals surface area contributed by atoms with Crippen molar-refractivity contribution in [1.82, 2.24) is 0 Å². The maximum atomic E-state index is 14.2. The van der Waals surface area contributed by atoms with Crippen LogP contribution in [0.15, 0.2) is 101 Å². The second-order valence-electron chi connectivity index (χ2n) is 11.8. The van der Waals surface area contributed by atoms with Gasteiger partial charge in [-0.2, -0.15) is 0 Å². The van der Waals surface area contributed by atoms with E-state index in [1.54, 1.807) is 31.2 Å². The zero-order valence-corrected chi connectivity index (χ0v) is 25.3. The van der Waals surface area contributed by atoms with E-state index in [2.05, 4.69) is 5.32 Å². The molecule has 2 N–H and O–H groups in total. The van der Waals surface area contributed by atoms with Crippen LogP contribution in [0.5, 0.6) is 11.5 Å². The molecular formula is C36H29ClN2O6. The molecule has 0 saturated carbocycles. The van der Waals surface area contributed by atoms with Gasteiger partial charge in [-0.1, -0.05) is 41.4 Å². The van der Waals surface area contributed by atoms with Crippen LogP contribution in [0.25, 0.3) is 0 Å². The number of hydrogen-bond donors (Lipinski definition) is 2. The number of allylic oxidation sites excluding steroid dienone is 6. The predicted molar refractivity (Wildman–Crippen MR) is 170 cm³/mol. The molecule has 4 atom stereocenters. The average molecular weight is 621 g/mol. The number of nitrogens with one attached hydrogen (secondary N) is 1. The first kappa shape index (κ1) is 28.8. The Morgan fingerprint density at radius 1 is 0.933 bits per heavy atom. The molecule has 1 fully saturated rings. The summed E-state index contributed by atoms with van der Waals surface area (Å²) < 4.78 is 5.36. The topological polar surface area (TPSA) is 113 Å². The molecule has 1 heterocycles. The van der Waals surface area contributed by atoms with E-state index >= 15 is 0 Å². The van der Waals surface area contributed by atoms with Gasteiger partial charge >= 0.3 is 0 Å². The summed E-state index contributed by atoms with van der Waals surface area (Å²) in [6, 6.07) is 20.0. The van der Waals surface area contributed by atoms with Gasteiger partial charge in [-0.3, -0.25) is 24.1 Å². The van der Waals surface area contributed by atoms with Crippen LogP contribution in [0, 0.1) is 17.8 Å². The van der Waals surface area contributed by atoms with Crippen molar-refractivity contribution >= 4 is 52.0 Å². The lowest BCUT2D eigenvalue weighted by Gasteiger charge is -2.42. The summed E-state index contributed by atoms with van der Waals surface area (Å²) in [5.74, 6) is -3.74. The number of aromatic hydroxyl groups is 1. The molecule has 1 aliphatic heterocycles. The largest absolute Gasteiger partial charge is 0.503 e. The summed E-state index contributed by atoms with van der Waals surface area (Å²) in [4.78, 5) is 56.3. The zero-order valence-electron chi connectivity index (χ0n) is 24.5. The molecular weight excluding hydrogens is 592 g/mol. The van der Waals surface area contributed by atoms with E-state index in [9.17, 15) is 24.3 Å². The number of ketones is 2. The number of phenolic OH excluding ortho intramolecular Hbond substituents is 1. The third-order valence-corrected chi connectivity index (χ3v) is 9.64. The number of ether oxygens (including phenoxy) is 1. The molecule has 1 saturated heterocycles. The van der Waals surface area contributed by atoms with Gasteiger partial charge in [0.05, 0.1) is 29.7 Å². The number of Topliss-reactive ketones (excluding diaryl/α,β-unsaturated/α-hetero) is 1. The number of imide groups is 1. The molecule has 0 spiro atoms. The van der Waals surface area contributed by atoms with E-state index in [0.29, 0.717) is 34.4 Å². The molecule has 8 nitrogen and oxygen atoms in total. The second kappa shape index (κ2) is 10.9. The molecule has 45 heavy (non-hydrogen) atoms. The molecule has 0 bridgehead atoms. The van der Waals surface area contributed by atoms with Gasteiger partial charge in [-0.25, -0.2) is 0 Å². The van der Waals surface area contributed by atoms with Gasteiger partial charge < -0.3 is 15.2 Å². The lowest BCUT2D eigenvalue weighted by atomic mass is 9.59. The fourth-order valence-electron chi connectivity index (χ4n) is 7.31. The fourth-order valence-corrected chi connectivity index (χ4v) is 7.53. The molecule has 226 valence electrons. The maximum absolute atomic E-state index is 14.2. The number of anilines is 3. The number of carbonyl (C=O) groups excluding carboxylic acids is 4. The van der Waals surface area contributed by atoms with Crippen molar-refractivity contribution in [2.75, 3.05) is 17.3 Å². The number of fused-ring (bicyclic) bond motifs is 3. The van der Waals surface area contributed by atoms with Crippen molar-refractivity contribution in [3.63, 3.8) is 0 Å². The van der Waals surface area contributed by atoms with Crippen molar-refractivity contribution in [2.45, 2.75) is 25.7 Å². The number of phenols is 1. The highest BCUT2D eigenvalue weighted by Gasteiger charge is 2.56. The van der Waals surface area contributed by atoms with Gasteiger partial charge in [-0.05, 0) is 85.9 Å². The minimum absolute atomic E-state index is 0.0349. The Kier molecular flexibility index (Phi) is 6.97. The number of halogens is 1. The van der Waals surface area contributed by atoms with Gasteiger partial charge in [0.1, 0.15) is 0 Å². The first-order valence-corrected chi connectivity index (χ1v) is 15.1. The number of carbonyl (C=O) groups is 4. The Morgan fingerprint density at radius 3 is 2.36 bits per heavy atom. The Bertz CT molecular complexity index is 1890. The lowest BCUT2D eigenvalue weighted by Crippen LogP contribution is -2.39. The zero-order chi connectivity index (χ0) is 31.6. The lowest BCUT2D eigenvalue weighted by molar-refractivity contribution is -0.123. The second-order valence-corrected chi connectivity index (χ2v) is 12.2. The van der Waals surface area contributed by atoms with Crippen LogP contribution in [0.2, 0.25) is 5.02 Å². The minimum Gasteiger partial charge on any atom is -0.503 e. The van der Waals surface area contributed by atoms with Crippen LogP contribution in [-0.4, -0.2) is 35.6 Å². The first-order chi connectivity index (χ1) is 21.7. The van der Waals surface area contributed by atoms with Crippen molar-refractivity contribution in [3.05, 3.63) is 112 Å². The van der Waals surface area contributed by atoms with E-state index in [-0.39, 0.29) is 46.3 Å². The van der Waals surface area contributed by atoms with E-state index in [0.717, 1.165) is 16.9 Å². The molecule has 4 unspecified atom stereocenters. The van der Waals surface area contributed by atoms with Crippen LogP contribution >= 0.6 is 11.6 Å². The molecule has 9 heteroatoms. The third kappa shape index (κ3) is 4.59. The molecule has 2 amide bonds. The third-order valence-electron chi connectivity index (χ3n) is 9.35. The maximum Gasteiger partial charge on any atom is 0.238 e. The number of nitrogens with zero attached hydrogens (tertiary/aromatic N) is 1. The first-order valence-electron chi connectivity index (χ1n) is 14.7. The van der Waals surface area contributed by atoms with Crippen LogP contribution in [0.1, 0.15) is 31.2 Å². The molecule has 3 aliphatic carbocycles. The van der Waals surface area contributed by atoms with E-state index in [4.69, 9.17) is 16.3 Å². The monoisotopic (exact) mass is 620 g/mol. The molecule has 7 rings (SSSR count). The van der Waals surface area contributed by atoms with Gasteiger partial charge in [0.25, 0.3) is 0 Å². The van der Waals surface area contributed by atoms with Crippen molar-refractivity contribution < 1.29 is 29.0 Å². The Labute approximate surface area is 264 Å².